The summed E-state index contributed by atoms with van der Waals surface area (Å²) in [5, 5.41) is 1.30. The molecule has 3 rings (SSSR count). The van der Waals surface area contributed by atoms with Crippen molar-refractivity contribution in [3.8, 4) is 11.5 Å². The lowest BCUT2D eigenvalue weighted by Crippen LogP contribution is -2.26. The number of fused-ring (bicyclic) bond motifs is 1. The van der Waals surface area contributed by atoms with Gasteiger partial charge in [0.15, 0.2) is 0 Å². The van der Waals surface area contributed by atoms with Crippen LogP contribution in [0.15, 0.2) is 41.1 Å². The molecule has 0 bridgehead atoms. The quantitative estimate of drug-likeness (QED) is 0.690. The second-order valence-corrected chi connectivity index (χ2v) is 5.88. The molecule has 0 aliphatic heterocycles. The van der Waals surface area contributed by atoms with Crippen LogP contribution in [0.1, 0.15) is 23.0 Å². The van der Waals surface area contributed by atoms with Gasteiger partial charge < -0.3 is 14.1 Å². The smallest absolute Gasteiger partial charge is 0.258 e. The molecule has 1 aromatic carbocycles. The molecule has 5 nitrogen and oxygen atoms in total. The number of hydrogen-bond acceptors (Lipinski definition) is 4. The summed E-state index contributed by atoms with van der Waals surface area (Å²) in [4.78, 5) is 18.1. The van der Waals surface area contributed by atoms with E-state index in [9.17, 15) is 4.79 Å². The molecule has 0 unspecified atom stereocenters. The van der Waals surface area contributed by atoms with Crippen LogP contribution in [-0.2, 0) is 0 Å². The third-order valence-corrected chi connectivity index (χ3v) is 4.04. The van der Waals surface area contributed by atoms with Crippen molar-refractivity contribution >= 4 is 28.5 Å². The molecule has 0 atom stereocenters. The number of furan rings is 1. The van der Waals surface area contributed by atoms with Gasteiger partial charge in [0.1, 0.15) is 28.4 Å². The first kappa shape index (κ1) is 16.3. The van der Waals surface area contributed by atoms with Gasteiger partial charge in [-0.1, -0.05) is 11.6 Å². The number of aryl methyl sites for hydroxylation is 1. The Labute approximate surface area is 144 Å². The van der Waals surface area contributed by atoms with Crippen LogP contribution < -0.4 is 4.74 Å². The standard InChI is InChI=1S/C18H17ClN2O3/c1-4-21(3)18(22)13-10-20-6-5-15(13)24-17-8-12-7-11(2)23-16(12)9-14(17)19/h5-10H,4H2,1-3H3. The van der Waals surface area contributed by atoms with Crippen molar-refractivity contribution in [1.82, 2.24) is 9.88 Å². The van der Waals surface area contributed by atoms with E-state index < -0.39 is 0 Å². The van der Waals surface area contributed by atoms with Crippen molar-refractivity contribution < 1.29 is 13.9 Å². The van der Waals surface area contributed by atoms with Crippen LogP contribution in [-0.4, -0.2) is 29.4 Å². The summed E-state index contributed by atoms with van der Waals surface area (Å²) in [7, 11) is 1.73. The highest BCUT2D eigenvalue weighted by Gasteiger charge is 2.18. The Morgan fingerprint density at radius 3 is 2.88 bits per heavy atom. The van der Waals surface area contributed by atoms with E-state index in [-0.39, 0.29) is 5.91 Å². The molecule has 0 saturated heterocycles. The number of nitrogens with zero attached hydrogens (tertiary/aromatic N) is 2. The van der Waals surface area contributed by atoms with Gasteiger partial charge in [0, 0.05) is 37.4 Å². The summed E-state index contributed by atoms with van der Waals surface area (Å²) >= 11 is 6.29. The lowest BCUT2D eigenvalue weighted by molar-refractivity contribution is 0.0799. The van der Waals surface area contributed by atoms with Gasteiger partial charge in [0.05, 0.1) is 5.02 Å². The van der Waals surface area contributed by atoms with Crippen molar-refractivity contribution in [2.45, 2.75) is 13.8 Å². The second-order valence-electron chi connectivity index (χ2n) is 5.47. The largest absolute Gasteiger partial charge is 0.461 e. The fourth-order valence-electron chi connectivity index (χ4n) is 2.35. The number of hydrogen-bond donors (Lipinski definition) is 0. The topological polar surface area (TPSA) is 55.6 Å². The monoisotopic (exact) mass is 344 g/mol. The van der Waals surface area contributed by atoms with E-state index in [1.165, 1.54) is 6.20 Å². The zero-order valence-electron chi connectivity index (χ0n) is 13.7. The number of aromatic nitrogens is 1. The van der Waals surface area contributed by atoms with Crippen LogP contribution >= 0.6 is 11.6 Å². The molecule has 0 saturated carbocycles. The van der Waals surface area contributed by atoms with Gasteiger partial charge in [-0.25, -0.2) is 0 Å². The summed E-state index contributed by atoms with van der Waals surface area (Å²) in [6, 6.07) is 7.06. The predicted octanol–water partition coefficient (Wildman–Crippen LogP) is 4.67. The first-order valence-corrected chi connectivity index (χ1v) is 7.94. The van der Waals surface area contributed by atoms with E-state index in [0.29, 0.717) is 34.2 Å². The number of benzene rings is 1. The maximum atomic E-state index is 12.4. The maximum absolute atomic E-state index is 12.4. The summed E-state index contributed by atoms with van der Waals surface area (Å²) in [6.07, 6.45) is 3.07. The Hall–Kier alpha value is -2.53. The highest BCUT2D eigenvalue weighted by atomic mass is 35.5. The molecule has 24 heavy (non-hydrogen) atoms. The predicted molar refractivity (Wildman–Crippen MR) is 92.9 cm³/mol. The van der Waals surface area contributed by atoms with Crippen molar-refractivity contribution in [3.05, 3.63) is 53.0 Å². The Morgan fingerprint density at radius 2 is 2.12 bits per heavy atom. The fourth-order valence-corrected chi connectivity index (χ4v) is 2.54. The minimum Gasteiger partial charge on any atom is -0.461 e. The van der Waals surface area contributed by atoms with Crippen molar-refractivity contribution in [2.75, 3.05) is 13.6 Å². The van der Waals surface area contributed by atoms with Gasteiger partial charge in [-0.3, -0.25) is 9.78 Å². The average Bonchev–Trinajstić information content (AvgIpc) is 2.93. The van der Waals surface area contributed by atoms with E-state index in [4.69, 9.17) is 20.8 Å². The Bertz CT molecular complexity index is 904. The van der Waals surface area contributed by atoms with Gasteiger partial charge in [-0.05, 0) is 32.0 Å². The SMILES string of the molecule is CCN(C)C(=O)c1cnccc1Oc1cc2cc(C)oc2cc1Cl. The van der Waals surface area contributed by atoms with Crippen molar-refractivity contribution in [2.24, 2.45) is 0 Å². The minimum absolute atomic E-state index is 0.156. The molecule has 0 aliphatic carbocycles. The number of carbonyl (C=O) groups is 1. The van der Waals surface area contributed by atoms with Crippen molar-refractivity contribution in [3.63, 3.8) is 0 Å². The van der Waals surface area contributed by atoms with E-state index >= 15 is 0 Å². The molecule has 1 amide bonds. The third kappa shape index (κ3) is 3.08. The molecule has 3 aromatic rings. The molecular formula is C18H17ClN2O3. The van der Waals surface area contributed by atoms with Crippen molar-refractivity contribution in [1.29, 1.82) is 0 Å². The fraction of sp³-hybridized carbons (Fsp3) is 0.222. The zero-order chi connectivity index (χ0) is 17.3. The van der Waals surface area contributed by atoms with Gasteiger partial charge in [0.2, 0.25) is 0 Å². The third-order valence-electron chi connectivity index (χ3n) is 3.75. The molecule has 0 fully saturated rings. The number of pyridine rings is 1. The Balaban J connectivity index is 2.00. The van der Waals surface area contributed by atoms with Crippen LogP contribution in [0.5, 0.6) is 11.5 Å². The van der Waals surface area contributed by atoms with E-state index in [1.54, 1.807) is 36.3 Å². The summed E-state index contributed by atoms with van der Waals surface area (Å²) in [5.41, 5.74) is 1.09. The van der Waals surface area contributed by atoms with Crippen LogP contribution in [0, 0.1) is 6.92 Å². The molecular weight excluding hydrogens is 328 g/mol. The van der Waals surface area contributed by atoms with E-state index in [0.717, 1.165) is 11.1 Å². The summed E-state index contributed by atoms with van der Waals surface area (Å²) in [5.74, 6) is 1.51. The molecule has 124 valence electrons. The summed E-state index contributed by atoms with van der Waals surface area (Å²) < 4.78 is 11.5. The zero-order valence-corrected chi connectivity index (χ0v) is 14.4. The molecule has 2 heterocycles. The molecule has 0 aliphatic rings. The Kier molecular flexibility index (Phi) is 4.44. The van der Waals surface area contributed by atoms with E-state index in [2.05, 4.69) is 4.98 Å². The molecule has 0 N–H and O–H groups in total. The van der Waals surface area contributed by atoms with Crippen LogP contribution in [0.4, 0.5) is 0 Å². The number of amides is 1. The molecule has 2 aromatic heterocycles. The first-order valence-electron chi connectivity index (χ1n) is 7.56. The second kappa shape index (κ2) is 6.53. The number of carbonyl (C=O) groups excluding carboxylic acids is 1. The normalized spacial score (nSPS) is 10.8. The first-order chi connectivity index (χ1) is 11.5. The number of rotatable bonds is 4. The molecule has 6 heteroatoms. The van der Waals surface area contributed by atoms with Gasteiger partial charge >= 0.3 is 0 Å². The highest BCUT2D eigenvalue weighted by Crippen LogP contribution is 2.35. The van der Waals surface area contributed by atoms with Gasteiger partial charge in [0.25, 0.3) is 5.91 Å². The Morgan fingerprint density at radius 1 is 1.33 bits per heavy atom. The lowest BCUT2D eigenvalue weighted by atomic mass is 10.2. The maximum Gasteiger partial charge on any atom is 0.258 e. The van der Waals surface area contributed by atoms with Crippen LogP contribution in [0.25, 0.3) is 11.0 Å². The van der Waals surface area contributed by atoms with Gasteiger partial charge in [-0.15, -0.1) is 0 Å². The van der Waals surface area contributed by atoms with Gasteiger partial charge in [-0.2, -0.15) is 0 Å². The van der Waals surface area contributed by atoms with Crippen LogP contribution in [0.2, 0.25) is 5.02 Å². The molecule has 0 spiro atoms. The van der Waals surface area contributed by atoms with E-state index in [1.807, 2.05) is 19.9 Å². The highest BCUT2D eigenvalue weighted by molar-refractivity contribution is 6.32. The summed E-state index contributed by atoms with van der Waals surface area (Å²) in [6.45, 7) is 4.36. The molecule has 0 radical (unpaired) electrons. The number of halogens is 1. The minimum atomic E-state index is -0.156. The lowest BCUT2D eigenvalue weighted by Gasteiger charge is -2.17. The average molecular weight is 345 g/mol. The number of ether oxygens (including phenoxy) is 1. The van der Waals surface area contributed by atoms with Crippen LogP contribution in [0.3, 0.4) is 0 Å².